The first kappa shape index (κ1) is 14.8. The van der Waals surface area contributed by atoms with E-state index in [1.54, 1.807) is 11.3 Å². The molecular weight excluding hydrogens is 282 g/mol. The number of aryl methyl sites for hydroxylation is 1. The third kappa shape index (κ3) is 3.23. The zero-order valence-corrected chi connectivity index (χ0v) is 13.8. The van der Waals surface area contributed by atoms with E-state index in [1.165, 1.54) is 37.0 Å². The molecule has 5 heteroatoms. The van der Waals surface area contributed by atoms with Gasteiger partial charge in [-0.05, 0) is 39.0 Å². The van der Waals surface area contributed by atoms with Gasteiger partial charge in [-0.1, -0.05) is 12.8 Å². The Morgan fingerprint density at radius 2 is 2.29 bits per heavy atom. The van der Waals surface area contributed by atoms with Crippen molar-refractivity contribution in [1.82, 2.24) is 15.2 Å². The first-order valence-corrected chi connectivity index (χ1v) is 8.94. The smallest absolute Gasteiger partial charge is 0.317 e. The zero-order valence-electron chi connectivity index (χ0n) is 13.0. The number of rotatable bonds is 3. The van der Waals surface area contributed by atoms with Crippen LogP contribution in [0.4, 0.5) is 4.79 Å². The molecular formula is C16H25N3OS. The third-order valence-corrected chi connectivity index (χ3v) is 5.84. The summed E-state index contributed by atoms with van der Waals surface area (Å²) in [6, 6.07) is 1.00. The highest BCUT2D eigenvalue weighted by Crippen LogP contribution is 2.39. The summed E-state index contributed by atoms with van der Waals surface area (Å²) >= 11 is 1.71. The fourth-order valence-corrected chi connectivity index (χ4v) is 4.73. The minimum absolute atomic E-state index is 0.130. The molecule has 0 bridgehead atoms. The lowest BCUT2D eigenvalue weighted by atomic mass is 9.85. The van der Waals surface area contributed by atoms with Gasteiger partial charge in [-0.2, -0.15) is 0 Å². The van der Waals surface area contributed by atoms with E-state index in [0.29, 0.717) is 18.6 Å². The van der Waals surface area contributed by atoms with Crippen LogP contribution in [0.25, 0.3) is 0 Å². The Labute approximate surface area is 130 Å². The quantitative estimate of drug-likeness (QED) is 0.930. The van der Waals surface area contributed by atoms with Crippen LogP contribution in [0, 0.1) is 12.8 Å². The molecule has 21 heavy (non-hydrogen) atoms. The van der Waals surface area contributed by atoms with Gasteiger partial charge in [-0.25, -0.2) is 9.78 Å². The van der Waals surface area contributed by atoms with Gasteiger partial charge in [0.15, 0.2) is 0 Å². The summed E-state index contributed by atoms with van der Waals surface area (Å²) in [6.45, 7) is 4.95. The van der Waals surface area contributed by atoms with Crippen molar-refractivity contribution >= 4 is 17.4 Å². The standard InChI is InChI=1S/C16H25N3OS/c1-11-9-13-5-3-4-6-14(13)19(11)16(20)17-8-7-15-18-10-12(2)21-15/h10-11,13-14H,3-9H2,1-2H3,(H,17,20). The molecule has 3 unspecified atom stereocenters. The van der Waals surface area contributed by atoms with Crippen molar-refractivity contribution in [3.8, 4) is 0 Å². The van der Waals surface area contributed by atoms with E-state index in [-0.39, 0.29) is 6.03 Å². The average Bonchev–Trinajstić information content (AvgIpc) is 3.01. The second kappa shape index (κ2) is 6.34. The molecule has 1 saturated heterocycles. The first-order valence-electron chi connectivity index (χ1n) is 8.12. The van der Waals surface area contributed by atoms with Crippen molar-refractivity contribution in [2.45, 2.75) is 64.5 Å². The Balaban J connectivity index is 1.52. The maximum Gasteiger partial charge on any atom is 0.317 e. The maximum atomic E-state index is 12.5. The molecule has 1 aromatic rings. The number of nitrogens with zero attached hydrogens (tertiary/aromatic N) is 2. The Hall–Kier alpha value is -1.10. The lowest BCUT2D eigenvalue weighted by Crippen LogP contribution is -2.48. The number of urea groups is 1. The highest BCUT2D eigenvalue weighted by atomic mass is 32.1. The van der Waals surface area contributed by atoms with Crippen molar-refractivity contribution in [2.24, 2.45) is 5.92 Å². The van der Waals surface area contributed by atoms with E-state index in [1.807, 2.05) is 6.20 Å². The molecule has 1 N–H and O–H groups in total. The van der Waals surface area contributed by atoms with Gasteiger partial charge < -0.3 is 10.2 Å². The molecule has 1 aromatic heterocycles. The minimum Gasteiger partial charge on any atom is -0.338 e. The SMILES string of the molecule is Cc1cnc(CCNC(=O)N2C(C)CC3CCCCC32)s1. The number of hydrogen-bond donors (Lipinski definition) is 1. The number of aromatic nitrogens is 1. The lowest BCUT2D eigenvalue weighted by molar-refractivity contribution is 0.156. The molecule has 1 saturated carbocycles. The van der Waals surface area contributed by atoms with Crippen LogP contribution in [-0.4, -0.2) is 34.5 Å². The molecule has 2 fully saturated rings. The van der Waals surface area contributed by atoms with Crippen LogP contribution in [-0.2, 0) is 6.42 Å². The van der Waals surface area contributed by atoms with Crippen LogP contribution < -0.4 is 5.32 Å². The van der Waals surface area contributed by atoms with Crippen LogP contribution in [0.1, 0.15) is 48.9 Å². The fraction of sp³-hybridized carbons (Fsp3) is 0.750. The third-order valence-electron chi connectivity index (χ3n) is 4.86. The van der Waals surface area contributed by atoms with Gasteiger partial charge >= 0.3 is 6.03 Å². The summed E-state index contributed by atoms with van der Waals surface area (Å²) in [5, 5.41) is 4.21. The second-order valence-electron chi connectivity index (χ2n) is 6.45. The largest absolute Gasteiger partial charge is 0.338 e. The van der Waals surface area contributed by atoms with Crippen molar-refractivity contribution in [3.05, 3.63) is 16.1 Å². The first-order chi connectivity index (χ1) is 10.1. The number of likely N-dealkylation sites (tertiary alicyclic amines) is 1. The van der Waals surface area contributed by atoms with Crippen LogP contribution in [0.2, 0.25) is 0 Å². The number of carbonyl (C=O) groups is 1. The van der Waals surface area contributed by atoms with E-state index in [0.717, 1.165) is 17.3 Å². The van der Waals surface area contributed by atoms with Crippen molar-refractivity contribution < 1.29 is 4.79 Å². The van der Waals surface area contributed by atoms with Gasteiger partial charge in [0.1, 0.15) is 0 Å². The van der Waals surface area contributed by atoms with Gasteiger partial charge in [-0.3, -0.25) is 0 Å². The molecule has 3 atom stereocenters. The summed E-state index contributed by atoms with van der Waals surface area (Å²) < 4.78 is 0. The Bertz CT molecular complexity index is 501. The summed E-state index contributed by atoms with van der Waals surface area (Å²) in [5.41, 5.74) is 0. The van der Waals surface area contributed by atoms with Gasteiger partial charge in [0, 0.05) is 36.1 Å². The van der Waals surface area contributed by atoms with Crippen LogP contribution in [0.5, 0.6) is 0 Å². The molecule has 4 nitrogen and oxygen atoms in total. The van der Waals surface area contributed by atoms with Gasteiger partial charge in [0.05, 0.1) is 5.01 Å². The molecule has 1 aliphatic heterocycles. The Morgan fingerprint density at radius 3 is 3.05 bits per heavy atom. The molecule has 0 radical (unpaired) electrons. The van der Waals surface area contributed by atoms with Gasteiger partial charge in [0.25, 0.3) is 0 Å². The van der Waals surface area contributed by atoms with Crippen LogP contribution in [0.3, 0.4) is 0 Å². The molecule has 2 aliphatic rings. The predicted octanol–water partition coefficient (Wildman–Crippen LogP) is 3.36. The van der Waals surface area contributed by atoms with Crippen molar-refractivity contribution in [1.29, 1.82) is 0 Å². The number of fused-ring (bicyclic) bond motifs is 1. The number of amides is 2. The number of hydrogen-bond acceptors (Lipinski definition) is 3. The predicted molar refractivity (Wildman–Crippen MR) is 85.6 cm³/mol. The van der Waals surface area contributed by atoms with E-state index in [2.05, 4.69) is 29.0 Å². The Morgan fingerprint density at radius 1 is 1.48 bits per heavy atom. The van der Waals surface area contributed by atoms with Crippen LogP contribution in [0.15, 0.2) is 6.20 Å². The summed E-state index contributed by atoms with van der Waals surface area (Å²) in [4.78, 5) is 20.2. The van der Waals surface area contributed by atoms with Crippen LogP contribution >= 0.6 is 11.3 Å². The highest BCUT2D eigenvalue weighted by Gasteiger charge is 2.42. The zero-order chi connectivity index (χ0) is 14.8. The van der Waals surface area contributed by atoms with Crippen molar-refractivity contribution in [3.63, 3.8) is 0 Å². The normalized spacial score (nSPS) is 28.5. The summed E-state index contributed by atoms with van der Waals surface area (Å²) in [5.74, 6) is 0.737. The van der Waals surface area contributed by atoms with E-state index in [4.69, 9.17) is 0 Å². The number of nitrogens with one attached hydrogen (secondary N) is 1. The molecule has 116 valence electrons. The van der Waals surface area contributed by atoms with E-state index >= 15 is 0 Å². The van der Waals surface area contributed by atoms with Crippen molar-refractivity contribution in [2.75, 3.05) is 6.54 Å². The summed E-state index contributed by atoms with van der Waals surface area (Å²) in [6.07, 6.45) is 9.02. The molecule has 1 aliphatic carbocycles. The van der Waals surface area contributed by atoms with Gasteiger partial charge in [0.2, 0.25) is 0 Å². The second-order valence-corrected chi connectivity index (χ2v) is 7.77. The lowest BCUT2D eigenvalue weighted by Gasteiger charge is -2.33. The number of thiazole rings is 1. The van der Waals surface area contributed by atoms with Gasteiger partial charge in [-0.15, -0.1) is 11.3 Å². The minimum atomic E-state index is 0.130. The molecule has 2 amide bonds. The Kier molecular flexibility index (Phi) is 4.48. The summed E-state index contributed by atoms with van der Waals surface area (Å²) in [7, 11) is 0. The molecule has 0 aromatic carbocycles. The van der Waals surface area contributed by atoms with E-state index < -0.39 is 0 Å². The molecule has 2 heterocycles. The highest BCUT2D eigenvalue weighted by molar-refractivity contribution is 7.11. The topological polar surface area (TPSA) is 45.2 Å². The fourth-order valence-electron chi connectivity index (χ4n) is 3.94. The molecule has 3 rings (SSSR count). The number of carbonyl (C=O) groups excluding carboxylic acids is 1. The monoisotopic (exact) mass is 307 g/mol. The van der Waals surface area contributed by atoms with E-state index in [9.17, 15) is 4.79 Å². The maximum absolute atomic E-state index is 12.5. The average molecular weight is 307 g/mol. The molecule has 0 spiro atoms.